The summed E-state index contributed by atoms with van der Waals surface area (Å²) in [6.45, 7) is 4.62. The first kappa shape index (κ1) is 27.0. The van der Waals surface area contributed by atoms with Crippen molar-refractivity contribution in [1.82, 2.24) is 9.03 Å². The molecule has 168 valence electrons. The van der Waals surface area contributed by atoms with E-state index in [2.05, 4.69) is 0 Å². The first-order valence-electron chi connectivity index (χ1n) is 8.55. The van der Waals surface area contributed by atoms with E-state index < -0.39 is 36.7 Å². The van der Waals surface area contributed by atoms with Crippen LogP contribution in [0.15, 0.2) is 0 Å². The highest BCUT2D eigenvalue weighted by Gasteiger charge is 2.59. The van der Waals surface area contributed by atoms with Crippen molar-refractivity contribution in [3.05, 3.63) is 0 Å². The predicted octanol–water partition coefficient (Wildman–Crippen LogP) is 2.80. The maximum Gasteiger partial charge on any atom is 0.512 e. The molecule has 1 atom stereocenters. The topological polar surface area (TPSA) is 101 Å². The number of nitrogens with zero attached hydrogens (tertiary/aromatic N) is 1. The smallest absolute Gasteiger partial charge is 0.336 e. The summed E-state index contributed by atoms with van der Waals surface area (Å²) in [5.41, 5.74) is -6.14. The molecule has 14 heteroatoms. The van der Waals surface area contributed by atoms with Crippen LogP contribution >= 0.6 is 0 Å². The molecule has 0 aliphatic heterocycles. The molecule has 0 aromatic carbocycles. The van der Waals surface area contributed by atoms with Crippen LogP contribution in [0, 0.1) is 5.92 Å². The summed E-state index contributed by atoms with van der Waals surface area (Å²) in [6.07, 6.45) is 3.28. The van der Waals surface area contributed by atoms with Crippen LogP contribution in [0.5, 0.6) is 0 Å². The second-order valence-corrected chi connectivity index (χ2v) is 10.1. The highest BCUT2D eigenvalue weighted by molar-refractivity contribution is 8.05. The van der Waals surface area contributed by atoms with Crippen LogP contribution in [0.25, 0.3) is 0 Å². The Morgan fingerprint density at radius 3 is 1.93 bits per heavy atom. The maximum absolute atomic E-state index is 14.2. The van der Waals surface area contributed by atoms with Gasteiger partial charge in [-0.25, -0.2) is 16.8 Å². The molecular weight excluding hydrogens is 435 g/mol. The molecule has 1 unspecified atom stereocenters. The lowest BCUT2D eigenvalue weighted by atomic mass is 10.0. The molecule has 0 spiro atoms. The average Bonchev–Trinajstić information content (AvgIpc) is 2.51. The molecule has 1 N–H and O–H groups in total. The molecule has 28 heavy (non-hydrogen) atoms. The third-order valence-corrected chi connectivity index (χ3v) is 6.94. The fourth-order valence-electron chi connectivity index (χ4n) is 2.30. The molecular formula is C14H25F5N2O5S2. The van der Waals surface area contributed by atoms with Gasteiger partial charge in [-0.2, -0.15) is 22.0 Å². The van der Waals surface area contributed by atoms with Crippen LogP contribution in [-0.2, 0) is 24.8 Å². The Balaban J connectivity index is 5.55. The number of amides is 1. The van der Waals surface area contributed by atoms with Crippen molar-refractivity contribution in [1.29, 1.82) is 0 Å². The number of unbranched alkanes of at least 4 members (excludes halogenated alkanes) is 2. The summed E-state index contributed by atoms with van der Waals surface area (Å²) in [7, 11) is -13.1. The second kappa shape index (κ2) is 10.1. The van der Waals surface area contributed by atoms with Crippen LogP contribution in [0.4, 0.5) is 22.0 Å². The van der Waals surface area contributed by atoms with Crippen molar-refractivity contribution in [3.63, 3.8) is 0 Å². The van der Waals surface area contributed by atoms with Gasteiger partial charge in [0.05, 0.1) is 0 Å². The van der Waals surface area contributed by atoms with Crippen LogP contribution in [0.1, 0.15) is 52.9 Å². The van der Waals surface area contributed by atoms with E-state index in [1.807, 2.05) is 6.92 Å². The Kier molecular flexibility index (Phi) is 9.77. The zero-order valence-corrected chi connectivity index (χ0v) is 17.4. The van der Waals surface area contributed by atoms with Crippen molar-refractivity contribution >= 4 is 26.0 Å². The second-order valence-electron chi connectivity index (χ2n) is 6.40. The minimum absolute atomic E-state index is 0.0921. The van der Waals surface area contributed by atoms with Gasteiger partial charge < -0.3 is 4.90 Å². The number of halogens is 5. The third kappa shape index (κ3) is 7.10. The van der Waals surface area contributed by atoms with Gasteiger partial charge in [-0.15, -0.1) is 0 Å². The Bertz CT molecular complexity index is 723. The van der Waals surface area contributed by atoms with Crippen LogP contribution in [-0.4, -0.2) is 51.5 Å². The summed E-state index contributed by atoms with van der Waals surface area (Å²) >= 11 is 0. The maximum atomic E-state index is 14.2. The number of rotatable bonds is 12. The molecule has 7 nitrogen and oxygen atoms in total. The average molecular weight is 460 g/mol. The molecule has 0 heterocycles. The number of hydrogen-bond acceptors (Lipinski definition) is 5. The molecule has 0 aliphatic carbocycles. The summed E-state index contributed by atoms with van der Waals surface area (Å²) in [4.78, 5) is 12.6. The molecule has 0 fully saturated rings. The van der Waals surface area contributed by atoms with Gasteiger partial charge in [0, 0.05) is 13.1 Å². The lowest BCUT2D eigenvalue weighted by molar-refractivity contribution is -0.147. The van der Waals surface area contributed by atoms with E-state index in [9.17, 15) is 43.6 Å². The standard InChI is InChI=1S/C14H25F5N2O5S2/c1-4-6-7-8-11(3)10-21(9-5-2)12(22)13(15,16)27(23,24)20-28(25,26)14(17,18)19/h11,20H,4-10H2,1-3H3. The molecule has 0 bridgehead atoms. The van der Waals surface area contributed by atoms with E-state index in [-0.39, 0.29) is 29.6 Å². The number of alkyl halides is 5. The summed E-state index contributed by atoms with van der Waals surface area (Å²) in [5, 5.41) is -5.40. The summed E-state index contributed by atoms with van der Waals surface area (Å²) < 4.78 is 110. The van der Waals surface area contributed by atoms with Crippen molar-refractivity contribution < 1.29 is 43.6 Å². The summed E-state index contributed by atoms with van der Waals surface area (Å²) in [5.74, 6) is -2.55. The largest absolute Gasteiger partial charge is 0.512 e. The molecule has 1 amide bonds. The lowest BCUT2D eigenvalue weighted by Crippen LogP contribution is -2.55. The lowest BCUT2D eigenvalue weighted by Gasteiger charge is -2.29. The first-order valence-corrected chi connectivity index (χ1v) is 11.5. The number of nitrogens with one attached hydrogen (secondary N) is 1. The Morgan fingerprint density at radius 2 is 1.50 bits per heavy atom. The van der Waals surface area contributed by atoms with E-state index >= 15 is 0 Å². The van der Waals surface area contributed by atoms with Crippen LogP contribution in [0.2, 0.25) is 0 Å². The van der Waals surface area contributed by atoms with Crippen molar-refractivity contribution in [3.8, 4) is 0 Å². The summed E-state index contributed by atoms with van der Waals surface area (Å²) in [6, 6.07) is 0. The SMILES string of the molecule is CCCCCC(C)CN(CCC)C(=O)C(F)(F)S(=O)(=O)NS(=O)(=O)C(F)(F)F. The fourth-order valence-corrected chi connectivity index (χ4v) is 4.61. The minimum atomic E-state index is -6.64. The Labute approximate surface area is 161 Å². The molecule has 0 rings (SSSR count). The number of carbonyl (C=O) groups is 1. The molecule has 0 saturated carbocycles. The molecule has 0 aromatic rings. The van der Waals surface area contributed by atoms with E-state index in [0.717, 1.165) is 19.3 Å². The third-order valence-electron chi connectivity index (χ3n) is 3.72. The van der Waals surface area contributed by atoms with Gasteiger partial charge in [0.15, 0.2) is 0 Å². The Morgan fingerprint density at radius 1 is 0.964 bits per heavy atom. The normalized spacial score (nSPS) is 14.7. The Hall–Kier alpha value is -1.02. The molecule has 0 saturated heterocycles. The van der Waals surface area contributed by atoms with Gasteiger partial charge in [0.1, 0.15) is 0 Å². The number of carbonyl (C=O) groups excluding carboxylic acids is 1. The van der Waals surface area contributed by atoms with Gasteiger partial charge in [-0.05, 0) is 18.8 Å². The highest BCUT2D eigenvalue weighted by atomic mass is 32.3. The van der Waals surface area contributed by atoms with E-state index in [0.29, 0.717) is 11.3 Å². The number of sulfonamides is 2. The monoisotopic (exact) mass is 460 g/mol. The van der Waals surface area contributed by atoms with Crippen molar-refractivity contribution in [2.24, 2.45) is 5.92 Å². The van der Waals surface area contributed by atoms with E-state index in [1.165, 1.54) is 6.92 Å². The van der Waals surface area contributed by atoms with Crippen LogP contribution < -0.4 is 4.13 Å². The van der Waals surface area contributed by atoms with Gasteiger partial charge >= 0.3 is 36.7 Å². The molecule has 0 aromatic heterocycles. The zero-order valence-electron chi connectivity index (χ0n) is 15.7. The quantitative estimate of drug-likeness (QED) is 0.357. The van der Waals surface area contributed by atoms with Crippen molar-refractivity contribution in [2.75, 3.05) is 13.1 Å². The molecule has 0 aliphatic rings. The van der Waals surface area contributed by atoms with E-state index in [4.69, 9.17) is 0 Å². The fraction of sp³-hybridized carbons (Fsp3) is 0.929. The van der Waals surface area contributed by atoms with Crippen molar-refractivity contribution in [2.45, 2.75) is 63.6 Å². The van der Waals surface area contributed by atoms with Gasteiger partial charge in [0.25, 0.3) is 0 Å². The van der Waals surface area contributed by atoms with Gasteiger partial charge in [-0.1, -0.05) is 44.2 Å². The minimum Gasteiger partial charge on any atom is -0.336 e. The van der Waals surface area contributed by atoms with E-state index in [1.54, 1.807) is 6.92 Å². The highest BCUT2D eigenvalue weighted by Crippen LogP contribution is 2.29. The van der Waals surface area contributed by atoms with Crippen LogP contribution in [0.3, 0.4) is 0 Å². The molecule has 0 radical (unpaired) electrons. The van der Waals surface area contributed by atoms with Gasteiger partial charge in [0.2, 0.25) is 0 Å². The number of hydrogen-bond donors (Lipinski definition) is 1. The zero-order chi connectivity index (χ0) is 22.4. The predicted molar refractivity (Wildman–Crippen MR) is 92.2 cm³/mol. The van der Waals surface area contributed by atoms with Gasteiger partial charge in [-0.3, -0.25) is 4.79 Å². The first-order chi connectivity index (χ1) is 12.5.